The lowest BCUT2D eigenvalue weighted by molar-refractivity contribution is -0.305. The quantitative estimate of drug-likeness (QED) is 0.0196. The van der Waals surface area contributed by atoms with Gasteiger partial charge in [-0.2, -0.15) is 0 Å². The molecule has 1 saturated heterocycles. The number of ether oxygens (including phenoxy) is 3. The Balaban J connectivity index is 2.80. The lowest BCUT2D eigenvalue weighted by atomic mass is 9.99. The Kier molecular flexibility index (Phi) is 44.0. The number of carbonyl (C=O) groups is 2. The van der Waals surface area contributed by atoms with Crippen molar-refractivity contribution in [3.63, 3.8) is 0 Å². The molecule has 71 heavy (non-hydrogen) atoms. The highest BCUT2D eigenvalue weighted by Crippen LogP contribution is 2.26. The molecule has 406 valence electrons. The first kappa shape index (κ1) is 65.6. The summed E-state index contributed by atoms with van der Waals surface area (Å²) in [7, 11) is 0. The van der Waals surface area contributed by atoms with Crippen molar-refractivity contribution in [1.82, 2.24) is 5.32 Å². The predicted octanol–water partition coefficient (Wildman–Crippen LogP) is 12.4. The van der Waals surface area contributed by atoms with Crippen molar-refractivity contribution in [2.45, 2.75) is 256 Å². The standard InChI is InChI=1S/C60H101NO10/c1-4-7-10-13-16-19-22-24-25-26-27-28-30-32-35-38-41-44-47-53(64)59(68)61-51(52(63)46-43-40-37-34-31-21-18-15-12-9-6-3)50-69-60-58(57(67)56(66)54(49-62)70-60)71-55(65)48-45-42-39-36-33-29-23-20-17-14-11-8-5-2/h7,10,16,19,24-25,27-29,32-33,35,39,42-43,46,51-54,56-58,60,62-64,66-67H,4-6,8-9,11-15,17-18,20-23,26,30-31,34,36-38,40-41,44-45,47-50H2,1-3H3,(H,61,68)/b10-7-,19-16-,25-24-,28-27-,33-29-,35-32-,42-39+,46-43+. The number of nitrogens with one attached hydrogen (secondary N) is 1. The van der Waals surface area contributed by atoms with Crippen LogP contribution in [0.15, 0.2) is 97.2 Å². The Morgan fingerprint density at radius 2 is 1.01 bits per heavy atom. The van der Waals surface area contributed by atoms with Crippen molar-refractivity contribution in [3.8, 4) is 0 Å². The molecule has 0 spiro atoms. The van der Waals surface area contributed by atoms with E-state index in [1.54, 1.807) is 6.08 Å². The fourth-order valence-electron chi connectivity index (χ4n) is 8.02. The SMILES string of the molecule is CC/C=C\C/C=C\C/C=C\C/C=C\C/C=C\CCCCC(O)C(=O)NC(COC1OC(CO)C(O)C(O)C1OC(=O)CC/C=C/C/C=C\CCCCCCCC)C(O)/C=C/CCCCCCCCCCC. The lowest BCUT2D eigenvalue weighted by Crippen LogP contribution is -2.61. The van der Waals surface area contributed by atoms with Gasteiger partial charge in [0, 0.05) is 6.42 Å². The summed E-state index contributed by atoms with van der Waals surface area (Å²) in [6.07, 6.45) is 51.8. The van der Waals surface area contributed by atoms with E-state index in [9.17, 15) is 35.1 Å². The van der Waals surface area contributed by atoms with Crippen LogP contribution in [0.25, 0.3) is 0 Å². The van der Waals surface area contributed by atoms with Gasteiger partial charge in [0.15, 0.2) is 12.4 Å². The average molecular weight is 996 g/mol. The zero-order valence-electron chi connectivity index (χ0n) is 44.6. The summed E-state index contributed by atoms with van der Waals surface area (Å²) in [4.78, 5) is 26.4. The Morgan fingerprint density at radius 3 is 1.52 bits per heavy atom. The molecule has 0 aromatic rings. The molecule has 1 amide bonds. The zero-order chi connectivity index (χ0) is 51.8. The van der Waals surface area contributed by atoms with Crippen molar-refractivity contribution in [2.24, 2.45) is 0 Å². The van der Waals surface area contributed by atoms with Crippen LogP contribution in [0.2, 0.25) is 0 Å². The Morgan fingerprint density at radius 1 is 0.563 bits per heavy atom. The fourth-order valence-corrected chi connectivity index (χ4v) is 8.02. The zero-order valence-corrected chi connectivity index (χ0v) is 44.6. The highest BCUT2D eigenvalue weighted by Gasteiger charge is 2.47. The van der Waals surface area contributed by atoms with Crippen LogP contribution in [0.1, 0.15) is 207 Å². The van der Waals surface area contributed by atoms with Crippen LogP contribution >= 0.6 is 0 Å². The molecular weight excluding hydrogens is 895 g/mol. The largest absolute Gasteiger partial charge is 0.454 e. The third kappa shape index (κ3) is 36.2. The van der Waals surface area contributed by atoms with E-state index in [1.165, 1.54) is 77.0 Å². The van der Waals surface area contributed by atoms with Crippen molar-refractivity contribution >= 4 is 11.9 Å². The minimum Gasteiger partial charge on any atom is -0.454 e. The van der Waals surface area contributed by atoms with Gasteiger partial charge in [-0.3, -0.25) is 9.59 Å². The van der Waals surface area contributed by atoms with Crippen molar-refractivity contribution in [2.75, 3.05) is 13.2 Å². The molecule has 1 fully saturated rings. The second kappa shape index (κ2) is 47.6. The molecule has 0 aromatic carbocycles. The molecule has 1 aliphatic rings. The minimum absolute atomic E-state index is 0.00873. The van der Waals surface area contributed by atoms with E-state index in [4.69, 9.17) is 14.2 Å². The number of hydrogen-bond donors (Lipinski definition) is 6. The van der Waals surface area contributed by atoms with E-state index in [0.29, 0.717) is 12.8 Å². The minimum atomic E-state index is -1.65. The van der Waals surface area contributed by atoms with Crippen LogP contribution in [0.4, 0.5) is 0 Å². The molecule has 11 nitrogen and oxygen atoms in total. The number of allylic oxidation sites excluding steroid dienone is 15. The molecule has 0 aromatic heterocycles. The fraction of sp³-hybridized carbons (Fsp3) is 0.700. The first-order valence-electron chi connectivity index (χ1n) is 28.0. The van der Waals surface area contributed by atoms with Gasteiger partial charge in [0.25, 0.3) is 0 Å². The number of unbranched alkanes of at least 4 members (excludes halogenated alkanes) is 17. The van der Waals surface area contributed by atoms with E-state index >= 15 is 0 Å². The summed E-state index contributed by atoms with van der Waals surface area (Å²) >= 11 is 0. The lowest BCUT2D eigenvalue weighted by Gasteiger charge is -2.41. The van der Waals surface area contributed by atoms with E-state index in [0.717, 1.165) is 83.5 Å². The van der Waals surface area contributed by atoms with Crippen LogP contribution in [0, 0.1) is 0 Å². The number of rotatable bonds is 45. The molecule has 1 rings (SSSR count). The predicted molar refractivity (Wildman–Crippen MR) is 292 cm³/mol. The molecule has 1 heterocycles. The molecule has 0 saturated carbocycles. The molecular formula is C60H101NO10. The van der Waals surface area contributed by atoms with Crippen LogP contribution in [-0.4, -0.2) is 99.6 Å². The second-order valence-electron chi connectivity index (χ2n) is 18.9. The van der Waals surface area contributed by atoms with Gasteiger partial charge in [-0.15, -0.1) is 0 Å². The third-order valence-electron chi connectivity index (χ3n) is 12.5. The maximum Gasteiger partial charge on any atom is 0.306 e. The molecule has 8 unspecified atom stereocenters. The number of aliphatic hydroxyl groups is 5. The summed E-state index contributed by atoms with van der Waals surface area (Å²) in [5, 5.41) is 56.6. The number of esters is 1. The summed E-state index contributed by atoms with van der Waals surface area (Å²) in [5.41, 5.74) is 0. The number of amides is 1. The Hall–Kier alpha value is -3.42. The summed E-state index contributed by atoms with van der Waals surface area (Å²) in [5.74, 6) is -1.31. The number of aliphatic hydroxyl groups excluding tert-OH is 5. The van der Waals surface area contributed by atoms with E-state index < -0.39 is 67.4 Å². The van der Waals surface area contributed by atoms with Gasteiger partial charge in [-0.05, 0) is 89.9 Å². The highest BCUT2D eigenvalue weighted by molar-refractivity contribution is 5.80. The normalized spacial score (nSPS) is 20.4. The smallest absolute Gasteiger partial charge is 0.306 e. The van der Waals surface area contributed by atoms with E-state index in [2.05, 4.69) is 99.0 Å². The van der Waals surface area contributed by atoms with Crippen LogP contribution < -0.4 is 5.32 Å². The van der Waals surface area contributed by atoms with Crippen LogP contribution in [-0.2, 0) is 23.8 Å². The number of hydrogen-bond acceptors (Lipinski definition) is 10. The molecule has 11 heteroatoms. The maximum atomic E-state index is 13.4. The third-order valence-corrected chi connectivity index (χ3v) is 12.5. The van der Waals surface area contributed by atoms with Crippen molar-refractivity contribution in [3.05, 3.63) is 97.2 Å². The van der Waals surface area contributed by atoms with Gasteiger partial charge in [-0.25, -0.2) is 0 Å². The van der Waals surface area contributed by atoms with Gasteiger partial charge < -0.3 is 45.1 Å². The second-order valence-corrected chi connectivity index (χ2v) is 18.9. The van der Waals surface area contributed by atoms with Gasteiger partial charge in [-0.1, -0.05) is 208 Å². The topological polar surface area (TPSA) is 175 Å². The molecule has 0 bridgehead atoms. The van der Waals surface area contributed by atoms with Crippen LogP contribution in [0.3, 0.4) is 0 Å². The van der Waals surface area contributed by atoms with Gasteiger partial charge in [0.2, 0.25) is 5.91 Å². The Bertz CT molecular complexity index is 1520. The molecule has 6 N–H and O–H groups in total. The summed E-state index contributed by atoms with van der Waals surface area (Å²) in [6.45, 7) is 5.57. The maximum absolute atomic E-state index is 13.4. The molecule has 1 aliphatic heterocycles. The molecule has 8 atom stereocenters. The molecule has 0 aliphatic carbocycles. The first-order valence-corrected chi connectivity index (χ1v) is 28.0. The van der Waals surface area contributed by atoms with E-state index in [-0.39, 0.29) is 19.4 Å². The first-order chi connectivity index (χ1) is 34.7. The van der Waals surface area contributed by atoms with Crippen molar-refractivity contribution < 1.29 is 49.3 Å². The average Bonchev–Trinajstić information content (AvgIpc) is 3.37. The highest BCUT2D eigenvalue weighted by atomic mass is 16.7. The number of carbonyl (C=O) groups excluding carboxylic acids is 2. The monoisotopic (exact) mass is 996 g/mol. The Labute approximate surface area is 431 Å². The summed E-state index contributed by atoms with van der Waals surface area (Å²) in [6, 6.07) is -1.06. The molecule has 0 radical (unpaired) electrons. The van der Waals surface area contributed by atoms with Gasteiger partial charge >= 0.3 is 5.97 Å². The van der Waals surface area contributed by atoms with Gasteiger partial charge in [0.1, 0.15) is 24.4 Å². The van der Waals surface area contributed by atoms with E-state index in [1.807, 2.05) is 18.2 Å². The van der Waals surface area contributed by atoms with Crippen molar-refractivity contribution in [1.29, 1.82) is 0 Å². The van der Waals surface area contributed by atoms with Gasteiger partial charge in [0.05, 0.1) is 25.4 Å². The summed E-state index contributed by atoms with van der Waals surface area (Å²) < 4.78 is 17.4. The van der Waals surface area contributed by atoms with Crippen LogP contribution in [0.5, 0.6) is 0 Å².